The molecule has 3 aromatic rings. The predicted octanol–water partition coefficient (Wildman–Crippen LogP) is 5.59. The summed E-state index contributed by atoms with van der Waals surface area (Å²) in [4.78, 5) is 38.6. The highest BCUT2D eigenvalue weighted by atomic mass is 79.9. The van der Waals surface area contributed by atoms with Crippen LogP contribution in [0, 0.1) is 0 Å². The number of hydrogen-bond acceptors (Lipinski definition) is 5. The maximum Gasteiger partial charge on any atom is 0.331 e. The molecule has 10 heteroatoms. The highest BCUT2D eigenvalue weighted by Crippen LogP contribution is 2.29. The Balaban J connectivity index is 1.61. The smallest absolute Gasteiger partial charge is 0.331 e. The van der Waals surface area contributed by atoms with Gasteiger partial charge in [-0.15, -0.1) is 0 Å². The lowest BCUT2D eigenvalue weighted by atomic mass is 10.1. The molecule has 1 N–H and O–H groups in total. The number of amides is 4. The molecule has 7 nitrogen and oxygen atoms in total. The van der Waals surface area contributed by atoms with Crippen molar-refractivity contribution in [2.75, 3.05) is 0 Å². The van der Waals surface area contributed by atoms with E-state index in [0.29, 0.717) is 31.6 Å². The van der Waals surface area contributed by atoms with Gasteiger partial charge in [-0.2, -0.15) is 0 Å². The number of nitrogens with one attached hydrogen (secondary N) is 1. The zero-order chi connectivity index (χ0) is 23.5. The molecule has 0 aliphatic carbocycles. The van der Waals surface area contributed by atoms with Crippen LogP contribution in [0.15, 0.2) is 69.3 Å². The summed E-state index contributed by atoms with van der Waals surface area (Å²) in [6, 6.07) is 12.8. The molecular formula is C23H15BrCl2N2O5. The number of urea groups is 1. The van der Waals surface area contributed by atoms with E-state index in [-0.39, 0.29) is 18.7 Å². The number of halogens is 3. The highest BCUT2D eigenvalue weighted by molar-refractivity contribution is 9.10. The van der Waals surface area contributed by atoms with E-state index >= 15 is 0 Å². The maximum absolute atomic E-state index is 13.0. The van der Waals surface area contributed by atoms with Crippen LogP contribution in [0.3, 0.4) is 0 Å². The Morgan fingerprint density at radius 3 is 2.61 bits per heavy atom. The van der Waals surface area contributed by atoms with Crippen LogP contribution >= 0.6 is 39.1 Å². The van der Waals surface area contributed by atoms with Gasteiger partial charge in [0.15, 0.2) is 0 Å². The second-order valence-electron chi connectivity index (χ2n) is 7.01. The molecule has 1 aliphatic heterocycles. The monoisotopic (exact) mass is 548 g/mol. The van der Waals surface area contributed by atoms with Gasteiger partial charge in [-0.3, -0.25) is 19.8 Å². The van der Waals surface area contributed by atoms with Crippen LogP contribution in [0.1, 0.15) is 16.9 Å². The lowest BCUT2D eigenvalue weighted by Crippen LogP contribution is -2.53. The number of barbiturate groups is 1. The van der Waals surface area contributed by atoms with Crippen molar-refractivity contribution in [2.24, 2.45) is 0 Å². The first-order valence-corrected chi connectivity index (χ1v) is 11.1. The molecule has 0 unspecified atom stereocenters. The molecule has 168 valence electrons. The lowest BCUT2D eigenvalue weighted by Gasteiger charge is -2.25. The van der Waals surface area contributed by atoms with Crippen molar-refractivity contribution in [2.45, 2.75) is 13.2 Å². The topological polar surface area (TPSA) is 88.9 Å². The Kier molecular flexibility index (Phi) is 6.88. The molecule has 1 saturated heterocycles. The Labute approximate surface area is 207 Å². The van der Waals surface area contributed by atoms with Gasteiger partial charge in [0.2, 0.25) is 0 Å². The van der Waals surface area contributed by atoms with Gasteiger partial charge in [0, 0.05) is 10.0 Å². The molecule has 0 atom stereocenters. The Morgan fingerprint density at radius 2 is 1.88 bits per heavy atom. The molecule has 1 aromatic heterocycles. The number of rotatable bonds is 6. The average Bonchev–Trinajstić information content (AvgIpc) is 3.29. The van der Waals surface area contributed by atoms with Gasteiger partial charge in [-0.1, -0.05) is 45.2 Å². The largest absolute Gasteiger partial charge is 0.488 e. The third-order valence-electron chi connectivity index (χ3n) is 4.73. The molecule has 0 spiro atoms. The quantitative estimate of drug-likeness (QED) is 0.320. The fraction of sp³-hybridized carbons (Fsp3) is 0.0870. The molecule has 2 aromatic carbocycles. The Hall–Kier alpha value is -3.07. The number of carbonyl (C=O) groups excluding carboxylic acids is 3. The van der Waals surface area contributed by atoms with Crippen molar-refractivity contribution in [3.8, 4) is 5.75 Å². The summed E-state index contributed by atoms with van der Waals surface area (Å²) >= 11 is 15.4. The van der Waals surface area contributed by atoms with Gasteiger partial charge >= 0.3 is 6.03 Å². The highest BCUT2D eigenvalue weighted by Gasteiger charge is 2.36. The van der Waals surface area contributed by atoms with Gasteiger partial charge in [0.1, 0.15) is 23.7 Å². The molecular weight excluding hydrogens is 535 g/mol. The summed E-state index contributed by atoms with van der Waals surface area (Å²) in [7, 11) is 0. The van der Waals surface area contributed by atoms with Gasteiger partial charge < -0.3 is 9.15 Å². The van der Waals surface area contributed by atoms with Crippen molar-refractivity contribution in [3.05, 3.63) is 91.8 Å². The molecule has 0 radical (unpaired) electrons. The van der Waals surface area contributed by atoms with Gasteiger partial charge in [0.25, 0.3) is 11.8 Å². The van der Waals surface area contributed by atoms with E-state index in [1.807, 2.05) is 0 Å². The van der Waals surface area contributed by atoms with E-state index < -0.39 is 17.8 Å². The number of furan rings is 1. The minimum Gasteiger partial charge on any atom is -0.488 e. The SMILES string of the molecule is O=C1NC(=O)N(Cc2ccco2)C(=O)/C1=C/c1cc(Br)ccc1OCc1ccc(Cl)c(Cl)c1. The van der Waals surface area contributed by atoms with Gasteiger partial charge in [-0.25, -0.2) is 4.79 Å². The van der Waals surface area contributed by atoms with Gasteiger partial charge in [-0.05, 0) is 54.1 Å². The van der Waals surface area contributed by atoms with Crippen LogP contribution in [-0.4, -0.2) is 22.7 Å². The predicted molar refractivity (Wildman–Crippen MR) is 126 cm³/mol. The van der Waals surface area contributed by atoms with E-state index in [1.54, 1.807) is 48.5 Å². The molecule has 33 heavy (non-hydrogen) atoms. The zero-order valence-electron chi connectivity index (χ0n) is 16.8. The fourth-order valence-corrected chi connectivity index (χ4v) is 3.80. The van der Waals surface area contributed by atoms with Crippen molar-refractivity contribution >= 4 is 63.1 Å². The second-order valence-corrected chi connectivity index (χ2v) is 8.74. The number of nitrogens with zero attached hydrogens (tertiary/aromatic N) is 1. The Morgan fingerprint density at radius 1 is 1.06 bits per heavy atom. The number of carbonyl (C=O) groups is 3. The summed E-state index contributed by atoms with van der Waals surface area (Å²) < 4.78 is 11.8. The maximum atomic E-state index is 13.0. The van der Waals surface area contributed by atoms with Crippen molar-refractivity contribution in [1.82, 2.24) is 10.2 Å². The van der Waals surface area contributed by atoms with Crippen LogP contribution in [-0.2, 0) is 22.7 Å². The van der Waals surface area contributed by atoms with Crippen molar-refractivity contribution < 1.29 is 23.5 Å². The second kappa shape index (κ2) is 9.82. The first-order chi connectivity index (χ1) is 15.8. The lowest BCUT2D eigenvalue weighted by molar-refractivity contribution is -0.130. The first kappa shape index (κ1) is 23.1. The molecule has 0 saturated carbocycles. The molecule has 1 aliphatic rings. The van der Waals surface area contributed by atoms with E-state index in [2.05, 4.69) is 21.2 Å². The summed E-state index contributed by atoms with van der Waals surface area (Å²) in [5.41, 5.74) is 1.04. The molecule has 4 rings (SSSR count). The first-order valence-electron chi connectivity index (χ1n) is 9.59. The minimum atomic E-state index is -0.816. The third-order valence-corrected chi connectivity index (χ3v) is 5.96. The van der Waals surface area contributed by atoms with Crippen LogP contribution in [0.2, 0.25) is 10.0 Å². The van der Waals surface area contributed by atoms with E-state index in [4.69, 9.17) is 32.4 Å². The molecule has 2 heterocycles. The van der Waals surface area contributed by atoms with E-state index in [1.165, 1.54) is 12.3 Å². The van der Waals surface area contributed by atoms with Crippen molar-refractivity contribution in [1.29, 1.82) is 0 Å². The van der Waals surface area contributed by atoms with Crippen molar-refractivity contribution in [3.63, 3.8) is 0 Å². The van der Waals surface area contributed by atoms with Crippen LogP contribution in [0.25, 0.3) is 6.08 Å². The third kappa shape index (κ3) is 5.30. The number of imide groups is 2. The summed E-state index contributed by atoms with van der Waals surface area (Å²) in [6.45, 7) is 0.0688. The minimum absolute atomic E-state index is 0.110. The summed E-state index contributed by atoms with van der Waals surface area (Å²) in [5.74, 6) is -0.709. The van der Waals surface area contributed by atoms with Crippen LogP contribution in [0.5, 0.6) is 5.75 Å². The number of ether oxygens (including phenoxy) is 1. The van der Waals surface area contributed by atoms with E-state index in [9.17, 15) is 14.4 Å². The van der Waals surface area contributed by atoms with Crippen LogP contribution < -0.4 is 10.1 Å². The summed E-state index contributed by atoms with van der Waals surface area (Å²) in [6.07, 6.45) is 2.82. The fourth-order valence-electron chi connectivity index (χ4n) is 3.11. The van der Waals surface area contributed by atoms with Gasteiger partial charge in [0.05, 0.1) is 22.9 Å². The average molecular weight is 550 g/mol. The molecule has 4 amide bonds. The summed E-state index contributed by atoms with van der Waals surface area (Å²) in [5, 5.41) is 3.02. The molecule has 0 bridgehead atoms. The normalized spacial score (nSPS) is 15.2. The van der Waals surface area contributed by atoms with E-state index in [0.717, 1.165) is 10.5 Å². The standard InChI is InChI=1S/C23H15BrCl2N2O5/c24-15-4-6-20(33-12-13-3-5-18(25)19(26)8-13)14(9-15)10-17-21(29)27-23(31)28(22(17)30)11-16-2-1-7-32-16/h1-10H,11-12H2,(H,27,29,31)/b17-10+. The zero-order valence-corrected chi connectivity index (χ0v) is 19.9. The Bertz CT molecular complexity index is 1270. The molecule has 1 fully saturated rings. The number of hydrogen-bond donors (Lipinski definition) is 1. The number of benzene rings is 2. The van der Waals surface area contributed by atoms with Crippen LogP contribution in [0.4, 0.5) is 4.79 Å².